The largest absolute Gasteiger partial charge is 0.490 e. The number of carboxylic acids is 2. The monoisotopic (exact) mass is 653 g/mol. The molecule has 3 atom stereocenters. The molecule has 248 valence electrons. The molecule has 0 unspecified atom stereocenters. The predicted octanol–water partition coefficient (Wildman–Crippen LogP) is 3.03. The highest BCUT2D eigenvalue weighted by Gasteiger charge is 2.39. The molecular weight excluding hydrogens is 623 g/mol. The van der Waals surface area contributed by atoms with Gasteiger partial charge in [0.1, 0.15) is 17.7 Å². The van der Waals surface area contributed by atoms with E-state index in [9.17, 15) is 40.3 Å². The predicted molar refractivity (Wildman–Crippen MR) is 144 cm³/mol. The average Bonchev–Trinajstić information content (AvgIpc) is 2.96. The lowest BCUT2D eigenvalue weighted by Crippen LogP contribution is -2.53. The number of rotatable bonds is 7. The molecule has 8 N–H and O–H groups in total. The molecule has 1 saturated heterocycles. The van der Waals surface area contributed by atoms with Gasteiger partial charge in [-0.2, -0.15) is 26.3 Å². The van der Waals surface area contributed by atoms with Gasteiger partial charge in [0.05, 0.1) is 6.04 Å². The molecule has 45 heavy (non-hydrogen) atoms. The summed E-state index contributed by atoms with van der Waals surface area (Å²) in [5, 5.41) is 30.4. The van der Waals surface area contributed by atoms with Gasteiger partial charge in [-0.25, -0.2) is 14.0 Å². The van der Waals surface area contributed by atoms with Crippen LogP contribution in [0.2, 0.25) is 0 Å². The number of aliphatic carboxylic acids is 2. The second-order valence-electron chi connectivity index (χ2n) is 9.44. The number of benzene rings is 2. The molecule has 3 rings (SSSR count). The molecule has 2 aromatic rings. The van der Waals surface area contributed by atoms with Gasteiger partial charge in [-0.1, -0.05) is 36.4 Å². The van der Waals surface area contributed by atoms with Crippen LogP contribution < -0.4 is 21.7 Å². The van der Waals surface area contributed by atoms with Crippen LogP contribution in [0, 0.1) is 11.2 Å². The highest BCUT2D eigenvalue weighted by Crippen LogP contribution is 2.28. The van der Waals surface area contributed by atoms with Gasteiger partial charge in [-0.15, -0.1) is 0 Å². The van der Waals surface area contributed by atoms with Crippen LogP contribution in [-0.2, 0) is 25.7 Å². The Morgan fingerprint density at radius 2 is 1.44 bits per heavy atom. The first-order valence-electron chi connectivity index (χ1n) is 12.8. The van der Waals surface area contributed by atoms with E-state index in [-0.39, 0.29) is 29.4 Å². The maximum atomic E-state index is 13.2. The van der Waals surface area contributed by atoms with E-state index in [1.54, 1.807) is 43.3 Å². The van der Waals surface area contributed by atoms with Crippen molar-refractivity contribution in [3.8, 4) is 0 Å². The van der Waals surface area contributed by atoms with Crippen molar-refractivity contribution in [3.63, 3.8) is 0 Å². The third-order valence-electron chi connectivity index (χ3n) is 6.03. The second-order valence-corrected chi connectivity index (χ2v) is 9.44. The van der Waals surface area contributed by atoms with Gasteiger partial charge in [-0.05, 0) is 55.5 Å². The lowest BCUT2D eigenvalue weighted by Gasteiger charge is -2.30. The second kappa shape index (κ2) is 16.9. The summed E-state index contributed by atoms with van der Waals surface area (Å²) >= 11 is 0. The summed E-state index contributed by atoms with van der Waals surface area (Å²) < 4.78 is 76.6. The molecule has 0 aromatic heterocycles. The van der Waals surface area contributed by atoms with Crippen LogP contribution in [0.3, 0.4) is 0 Å². The van der Waals surface area contributed by atoms with E-state index < -0.39 is 36.4 Å². The fraction of sp³-hybridized carbons (Fsp3) is 0.370. The fourth-order valence-corrected chi connectivity index (χ4v) is 3.68. The summed E-state index contributed by atoms with van der Waals surface area (Å²) in [6.07, 6.45) is -8.71. The van der Waals surface area contributed by atoms with E-state index in [1.807, 2.05) is 0 Å². The Morgan fingerprint density at radius 3 is 1.89 bits per heavy atom. The Hall–Kier alpha value is -4.74. The number of carbonyl (C=O) groups is 4. The Balaban J connectivity index is 0.000000601. The fourth-order valence-electron chi connectivity index (χ4n) is 3.68. The van der Waals surface area contributed by atoms with Crippen LogP contribution in [0.15, 0.2) is 48.5 Å². The number of halogens is 7. The van der Waals surface area contributed by atoms with Crippen molar-refractivity contribution in [1.82, 2.24) is 16.0 Å². The first-order valence-corrected chi connectivity index (χ1v) is 12.8. The zero-order valence-electron chi connectivity index (χ0n) is 23.4. The van der Waals surface area contributed by atoms with Gasteiger partial charge in [0.25, 0.3) is 0 Å². The summed E-state index contributed by atoms with van der Waals surface area (Å²) in [5.41, 5.74) is 7.94. The minimum atomic E-state index is -5.08. The molecule has 11 nitrogen and oxygen atoms in total. The summed E-state index contributed by atoms with van der Waals surface area (Å²) in [6, 6.07) is 12.3. The van der Waals surface area contributed by atoms with Crippen molar-refractivity contribution in [2.24, 2.45) is 5.73 Å². The van der Waals surface area contributed by atoms with E-state index >= 15 is 0 Å². The highest BCUT2D eigenvalue weighted by molar-refractivity contribution is 5.95. The van der Waals surface area contributed by atoms with Gasteiger partial charge in [0, 0.05) is 12.1 Å². The maximum Gasteiger partial charge on any atom is 0.490 e. The van der Waals surface area contributed by atoms with Crippen molar-refractivity contribution < 1.29 is 60.1 Å². The molecule has 2 aromatic carbocycles. The number of nitrogen functional groups attached to an aromatic ring is 1. The number of carboxylic acid groups (broad SMARTS) is 2. The molecule has 0 aliphatic carbocycles. The smallest absolute Gasteiger partial charge is 0.475 e. The molecule has 18 heteroatoms. The zero-order valence-corrected chi connectivity index (χ0v) is 23.4. The number of nitrogens with one attached hydrogen (secondary N) is 4. The van der Waals surface area contributed by atoms with Crippen LogP contribution in [0.25, 0.3) is 0 Å². The molecule has 2 amide bonds. The molecule has 0 saturated carbocycles. The summed E-state index contributed by atoms with van der Waals surface area (Å²) in [7, 11) is 0. The zero-order chi connectivity index (χ0) is 34.5. The molecule has 1 heterocycles. The summed E-state index contributed by atoms with van der Waals surface area (Å²) in [5.74, 6) is -6.14. The summed E-state index contributed by atoms with van der Waals surface area (Å²) in [6.45, 7) is 2.63. The van der Waals surface area contributed by atoms with E-state index in [0.29, 0.717) is 25.1 Å². The molecule has 0 spiro atoms. The Kier molecular flexibility index (Phi) is 14.4. The summed E-state index contributed by atoms with van der Waals surface area (Å²) in [4.78, 5) is 42.9. The molecule has 1 aliphatic rings. The molecule has 1 aliphatic heterocycles. The minimum Gasteiger partial charge on any atom is -0.475 e. The third kappa shape index (κ3) is 14.1. The number of hydrogen-bond donors (Lipinski definition) is 7. The van der Waals surface area contributed by atoms with Crippen molar-refractivity contribution in [2.45, 2.75) is 56.7 Å². The molecular formula is C27H30F7N5O6. The number of amides is 2. The SMILES string of the molecule is C[C@H](NC(=O)[C@H]1C[C@@H](c2ccc(F)cc2)CCN1)C(=O)NCc1ccc(C(=N)N)cc1.O=C(O)C(F)(F)F.O=C(O)C(F)(F)F. The van der Waals surface area contributed by atoms with Crippen LogP contribution in [0.1, 0.15) is 42.4 Å². The quantitative estimate of drug-likeness (QED) is 0.135. The lowest BCUT2D eigenvalue weighted by molar-refractivity contribution is -0.193. The van der Waals surface area contributed by atoms with Crippen molar-refractivity contribution >= 4 is 29.6 Å². The standard InChI is InChI=1S/C23H28FN5O2.2C2HF3O2/c1-14(22(30)28-13-15-2-4-17(5-3-15)21(25)26)29-23(31)20-12-18(10-11-27-20)16-6-8-19(24)9-7-16;2*3-2(4,5)1(6)7/h2-9,14,18,20,27H,10-13H2,1H3,(H3,25,26)(H,28,30)(H,29,31);2*(H,6,7)/t14-,18-,20+;;/m0../s1. The van der Waals surface area contributed by atoms with Crippen molar-refractivity contribution in [2.75, 3.05) is 6.54 Å². The van der Waals surface area contributed by atoms with E-state index in [1.165, 1.54) is 12.1 Å². The number of hydrogen-bond acceptors (Lipinski definition) is 6. The Morgan fingerprint density at radius 1 is 0.956 bits per heavy atom. The number of piperidine rings is 1. The highest BCUT2D eigenvalue weighted by atomic mass is 19.4. The van der Waals surface area contributed by atoms with Gasteiger partial charge in [0.2, 0.25) is 11.8 Å². The lowest BCUT2D eigenvalue weighted by atomic mass is 9.86. The maximum absolute atomic E-state index is 13.2. The topological polar surface area (TPSA) is 195 Å². The van der Waals surface area contributed by atoms with Crippen molar-refractivity contribution in [1.29, 1.82) is 5.41 Å². The molecule has 1 fully saturated rings. The minimum absolute atomic E-state index is 0.00934. The molecule has 0 radical (unpaired) electrons. The number of amidine groups is 1. The van der Waals surface area contributed by atoms with E-state index in [4.69, 9.17) is 30.9 Å². The van der Waals surface area contributed by atoms with Crippen LogP contribution in [0.5, 0.6) is 0 Å². The van der Waals surface area contributed by atoms with Crippen LogP contribution in [-0.4, -0.2) is 70.8 Å². The van der Waals surface area contributed by atoms with Gasteiger partial charge < -0.3 is 31.9 Å². The van der Waals surface area contributed by atoms with E-state index in [0.717, 1.165) is 17.5 Å². The average molecular weight is 654 g/mol. The molecule has 0 bridgehead atoms. The normalized spacial score (nSPS) is 16.8. The van der Waals surface area contributed by atoms with Crippen LogP contribution >= 0.6 is 0 Å². The first kappa shape index (κ1) is 38.3. The number of nitrogens with two attached hydrogens (primary N) is 1. The van der Waals surface area contributed by atoms with Crippen LogP contribution in [0.4, 0.5) is 30.7 Å². The van der Waals surface area contributed by atoms with Crippen molar-refractivity contribution in [3.05, 3.63) is 71.0 Å². The number of alkyl halides is 6. The number of carbonyl (C=O) groups excluding carboxylic acids is 2. The first-order chi connectivity index (χ1) is 20.7. The van der Waals surface area contributed by atoms with E-state index in [2.05, 4.69) is 16.0 Å². The van der Waals surface area contributed by atoms with Gasteiger partial charge >= 0.3 is 24.3 Å². The van der Waals surface area contributed by atoms with Gasteiger partial charge in [-0.3, -0.25) is 15.0 Å². The Labute approximate surface area is 251 Å². The third-order valence-corrected chi connectivity index (χ3v) is 6.03. The van der Waals surface area contributed by atoms with Gasteiger partial charge in [0.15, 0.2) is 0 Å². The Bertz CT molecular complexity index is 1300.